The van der Waals surface area contributed by atoms with Gasteiger partial charge in [-0.3, -0.25) is 9.69 Å². The monoisotopic (exact) mass is 529 g/mol. The van der Waals surface area contributed by atoms with E-state index in [9.17, 15) is 9.90 Å². The lowest BCUT2D eigenvalue weighted by atomic mass is 9.95. The standard InChI is InChI=1S/C30H35N5O4/c1-20-21-7-2-3-8-22(21)24(17-25(20)36)35-18-23-26(28(35)37)27(33-11-6-15-38-16-14-33)32-29(31-23)39-19-30-9-4-12-34(30)13-5-10-30/h2-3,7-8,17,36H,4-6,9-16,18-19H2,1H3. The zero-order valence-electron chi connectivity index (χ0n) is 22.5. The normalized spacial score (nSPS) is 20.9. The highest BCUT2D eigenvalue weighted by atomic mass is 16.5. The van der Waals surface area contributed by atoms with Crippen LogP contribution in [-0.2, 0) is 11.3 Å². The summed E-state index contributed by atoms with van der Waals surface area (Å²) in [6, 6.07) is 9.91. The molecule has 204 valence electrons. The fraction of sp³-hybridized carbons (Fsp3) is 0.500. The van der Waals surface area contributed by atoms with Crippen LogP contribution in [0, 0.1) is 6.92 Å². The Balaban J connectivity index is 1.27. The van der Waals surface area contributed by atoms with Crippen molar-refractivity contribution in [2.24, 2.45) is 0 Å². The quantitative estimate of drug-likeness (QED) is 0.530. The number of phenolic OH excluding ortho intramolecular Hbond substituents is 1. The molecule has 9 nitrogen and oxygen atoms in total. The number of hydrogen-bond donors (Lipinski definition) is 1. The van der Waals surface area contributed by atoms with Gasteiger partial charge in [0.15, 0.2) is 0 Å². The van der Waals surface area contributed by atoms with Crippen LogP contribution in [0.1, 0.15) is 53.7 Å². The first-order chi connectivity index (χ1) is 19.0. The number of amides is 1. The number of nitrogens with zero attached hydrogens (tertiary/aromatic N) is 5. The summed E-state index contributed by atoms with van der Waals surface area (Å²) in [6.07, 6.45) is 5.55. The van der Waals surface area contributed by atoms with Crippen molar-refractivity contribution in [1.82, 2.24) is 14.9 Å². The summed E-state index contributed by atoms with van der Waals surface area (Å²) < 4.78 is 12.1. The van der Waals surface area contributed by atoms with E-state index in [4.69, 9.17) is 19.4 Å². The van der Waals surface area contributed by atoms with Crippen molar-refractivity contribution < 1.29 is 19.4 Å². The van der Waals surface area contributed by atoms with E-state index < -0.39 is 0 Å². The van der Waals surface area contributed by atoms with Gasteiger partial charge in [-0.2, -0.15) is 9.97 Å². The fourth-order valence-electron chi connectivity index (χ4n) is 6.98. The highest BCUT2D eigenvalue weighted by Crippen LogP contribution is 2.42. The Kier molecular flexibility index (Phi) is 6.08. The second kappa shape index (κ2) is 9.64. The molecule has 0 atom stereocenters. The molecule has 0 unspecified atom stereocenters. The molecule has 4 aliphatic rings. The average molecular weight is 530 g/mol. The van der Waals surface area contributed by atoms with E-state index in [2.05, 4.69) is 9.80 Å². The number of benzene rings is 2. The number of hydrogen-bond acceptors (Lipinski definition) is 8. The number of aromatic nitrogens is 2. The summed E-state index contributed by atoms with van der Waals surface area (Å²) in [4.78, 5) is 30.2. The molecule has 0 aliphatic carbocycles. The zero-order chi connectivity index (χ0) is 26.6. The average Bonchev–Trinajstić information content (AvgIpc) is 3.54. The number of carbonyl (C=O) groups excluding carboxylic acids is 1. The molecule has 39 heavy (non-hydrogen) atoms. The molecule has 5 heterocycles. The maximum Gasteiger partial charge on any atom is 0.318 e. The van der Waals surface area contributed by atoms with Crippen LogP contribution in [-0.4, -0.2) is 77.4 Å². The van der Waals surface area contributed by atoms with E-state index in [0.717, 1.165) is 55.2 Å². The maximum atomic E-state index is 14.1. The van der Waals surface area contributed by atoms with Crippen molar-refractivity contribution in [3.8, 4) is 11.8 Å². The van der Waals surface area contributed by atoms with Crippen LogP contribution in [0.3, 0.4) is 0 Å². The molecule has 0 radical (unpaired) electrons. The Bertz CT molecular complexity index is 1420. The molecule has 0 bridgehead atoms. The third kappa shape index (κ3) is 4.10. The molecule has 9 heteroatoms. The lowest BCUT2D eigenvalue weighted by molar-refractivity contribution is 0.0996. The van der Waals surface area contributed by atoms with E-state index in [1.165, 1.54) is 12.8 Å². The molecule has 3 aromatic rings. The predicted molar refractivity (Wildman–Crippen MR) is 149 cm³/mol. The Labute approximate surface area is 228 Å². The van der Waals surface area contributed by atoms with Gasteiger partial charge in [0.25, 0.3) is 5.91 Å². The molecule has 7 rings (SSSR count). The number of carbonyl (C=O) groups is 1. The Morgan fingerprint density at radius 1 is 1.03 bits per heavy atom. The number of rotatable bonds is 5. The van der Waals surface area contributed by atoms with Crippen LogP contribution < -0.4 is 14.5 Å². The van der Waals surface area contributed by atoms with Gasteiger partial charge in [-0.15, -0.1) is 0 Å². The molecule has 0 spiro atoms. The Morgan fingerprint density at radius 2 is 1.82 bits per heavy atom. The molecule has 4 aliphatic heterocycles. The fourth-order valence-corrected chi connectivity index (χ4v) is 6.98. The first kappa shape index (κ1) is 24.6. The third-order valence-electron chi connectivity index (χ3n) is 9.07. The van der Waals surface area contributed by atoms with Crippen LogP contribution in [0.5, 0.6) is 11.8 Å². The number of aryl methyl sites for hydroxylation is 1. The Hall–Kier alpha value is -3.43. The van der Waals surface area contributed by atoms with Gasteiger partial charge in [-0.25, -0.2) is 0 Å². The molecule has 3 saturated heterocycles. The summed E-state index contributed by atoms with van der Waals surface area (Å²) >= 11 is 0. The number of anilines is 2. The minimum atomic E-state index is -0.151. The van der Waals surface area contributed by atoms with Gasteiger partial charge in [0.1, 0.15) is 23.7 Å². The van der Waals surface area contributed by atoms with Gasteiger partial charge in [-0.05, 0) is 63.1 Å². The topological polar surface area (TPSA) is 91.3 Å². The van der Waals surface area contributed by atoms with Crippen molar-refractivity contribution in [3.05, 3.63) is 47.2 Å². The summed E-state index contributed by atoms with van der Waals surface area (Å²) in [5.41, 5.74) is 2.75. The van der Waals surface area contributed by atoms with E-state index >= 15 is 0 Å². The minimum Gasteiger partial charge on any atom is -0.508 e. The van der Waals surface area contributed by atoms with E-state index in [1.807, 2.05) is 31.2 Å². The van der Waals surface area contributed by atoms with Gasteiger partial charge < -0.3 is 24.4 Å². The largest absolute Gasteiger partial charge is 0.508 e. The third-order valence-corrected chi connectivity index (χ3v) is 9.07. The first-order valence-corrected chi connectivity index (χ1v) is 14.2. The Morgan fingerprint density at radius 3 is 2.64 bits per heavy atom. The van der Waals surface area contributed by atoms with Gasteiger partial charge >= 0.3 is 6.01 Å². The van der Waals surface area contributed by atoms with Crippen LogP contribution in [0.4, 0.5) is 11.5 Å². The van der Waals surface area contributed by atoms with Crippen molar-refractivity contribution in [2.75, 3.05) is 55.8 Å². The number of phenols is 1. The molecular formula is C30H35N5O4. The van der Waals surface area contributed by atoms with Crippen molar-refractivity contribution in [3.63, 3.8) is 0 Å². The molecule has 0 saturated carbocycles. The molecule has 1 N–H and O–H groups in total. The highest BCUT2D eigenvalue weighted by Gasteiger charge is 2.45. The van der Waals surface area contributed by atoms with E-state index in [-0.39, 0.29) is 17.2 Å². The molecule has 1 aromatic heterocycles. The van der Waals surface area contributed by atoms with Gasteiger partial charge in [0.05, 0.1) is 30.1 Å². The van der Waals surface area contributed by atoms with Crippen LogP contribution in [0.15, 0.2) is 30.3 Å². The molecular weight excluding hydrogens is 494 g/mol. The lowest BCUT2D eigenvalue weighted by Crippen LogP contribution is -2.43. The van der Waals surface area contributed by atoms with E-state index in [1.54, 1.807) is 11.0 Å². The highest BCUT2D eigenvalue weighted by molar-refractivity contribution is 6.16. The van der Waals surface area contributed by atoms with Crippen molar-refractivity contribution in [2.45, 2.75) is 51.1 Å². The maximum absolute atomic E-state index is 14.1. The SMILES string of the molecule is Cc1c(O)cc(N2Cc3nc(OCC45CCCN4CCC5)nc(N4CCCOCC4)c3C2=O)c2ccccc12. The van der Waals surface area contributed by atoms with Gasteiger partial charge in [0, 0.05) is 31.1 Å². The van der Waals surface area contributed by atoms with Crippen molar-refractivity contribution >= 4 is 28.2 Å². The van der Waals surface area contributed by atoms with Crippen LogP contribution in [0.2, 0.25) is 0 Å². The van der Waals surface area contributed by atoms with Crippen molar-refractivity contribution in [1.29, 1.82) is 0 Å². The summed E-state index contributed by atoms with van der Waals surface area (Å²) in [6.45, 7) is 7.72. The minimum absolute atomic E-state index is 0.0825. The second-order valence-corrected chi connectivity index (χ2v) is 11.3. The summed E-state index contributed by atoms with van der Waals surface area (Å²) in [5, 5.41) is 12.6. The van der Waals surface area contributed by atoms with Crippen LogP contribution in [0.25, 0.3) is 10.8 Å². The van der Waals surface area contributed by atoms with Gasteiger partial charge in [-0.1, -0.05) is 24.3 Å². The lowest BCUT2D eigenvalue weighted by Gasteiger charge is -2.31. The number of ether oxygens (including phenoxy) is 2. The summed E-state index contributed by atoms with van der Waals surface area (Å²) in [5.74, 6) is 0.645. The molecule has 3 fully saturated rings. The van der Waals surface area contributed by atoms with E-state index in [0.29, 0.717) is 61.7 Å². The second-order valence-electron chi connectivity index (χ2n) is 11.3. The predicted octanol–water partition coefficient (Wildman–Crippen LogP) is 4.04. The molecule has 1 amide bonds. The first-order valence-electron chi connectivity index (χ1n) is 14.2. The zero-order valence-corrected chi connectivity index (χ0v) is 22.5. The smallest absolute Gasteiger partial charge is 0.318 e. The number of fused-ring (bicyclic) bond motifs is 3. The summed E-state index contributed by atoms with van der Waals surface area (Å²) in [7, 11) is 0. The van der Waals surface area contributed by atoms with Crippen LogP contribution >= 0.6 is 0 Å². The van der Waals surface area contributed by atoms with Gasteiger partial charge in [0.2, 0.25) is 0 Å². The molecule has 2 aromatic carbocycles. The number of aromatic hydroxyl groups is 1.